The van der Waals surface area contributed by atoms with E-state index in [9.17, 15) is 34.0 Å². The van der Waals surface area contributed by atoms with Gasteiger partial charge in [0.1, 0.15) is 11.5 Å². The average molecular weight is 1490 g/mol. The number of anilines is 4. The Labute approximate surface area is 648 Å². The topological polar surface area (TPSA) is 167 Å². The second kappa shape index (κ2) is 38.9. The van der Waals surface area contributed by atoms with Crippen LogP contribution in [0.2, 0.25) is 0 Å². The van der Waals surface area contributed by atoms with Crippen LogP contribution in [0.3, 0.4) is 0 Å². The molecule has 0 radical (unpaired) electrons. The number of benzene rings is 9. The molecule has 9 aromatic rings. The fraction of sp³-hybridized carbons (Fsp3) is 0.362. The normalized spacial score (nSPS) is 16.8. The first kappa shape index (κ1) is 79.3. The summed E-state index contributed by atoms with van der Waals surface area (Å²) in [5.74, 6) is 0.532. The van der Waals surface area contributed by atoms with Crippen LogP contribution < -0.4 is 19.4 Å². The van der Waals surface area contributed by atoms with E-state index in [1.165, 1.54) is 53.0 Å². The van der Waals surface area contributed by atoms with Gasteiger partial charge in [-0.2, -0.15) is 0 Å². The van der Waals surface area contributed by atoms with Gasteiger partial charge in [0.05, 0.1) is 5.25 Å². The SMILES string of the molecule is CC(C)N1CCN(c2ccc(/C(=C(/CCCO)c3ccccc3)c3ccc(NS(=O)(=O)C4CC4)cc3)cc2)CC1.CC(C)N1CCN(c2ccc(/C(=C(/CCCO)c3ccccc3)c3ccccc3O)cc2)CC1.OCCC/C(=C(\c1ccc(O)cc1)c1ccc(N2CCN(C3CCC3)CC2)cc1)c1ccccc1. The van der Waals surface area contributed by atoms with Crippen LogP contribution in [0.4, 0.5) is 22.7 Å². The fourth-order valence-electron chi connectivity index (χ4n) is 15.7. The molecule has 0 unspecified atom stereocenters. The van der Waals surface area contributed by atoms with Crippen molar-refractivity contribution in [3.63, 3.8) is 0 Å². The van der Waals surface area contributed by atoms with Gasteiger partial charge in [0.25, 0.3) is 0 Å². The summed E-state index contributed by atoms with van der Waals surface area (Å²) in [5, 5.41) is 49.3. The average Bonchev–Trinajstić information content (AvgIpc) is 1.33. The predicted molar refractivity (Wildman–Crippen MR) is 453 cm³/mol. The minimum absolute atomic E-state index is 0.118. The molecule has 0 atom stereocenters. The van der Waals surface area contributed by atoms with Crippen molar-refractivity contribution in [2.24, 2.45) is 0 Å². The maximum Gasteiger partial charge on any atom is 0.235 e. The van der Waals surface area contributed by atoms with Crippen molar-refractivity contribution in [3.8, 4) is 11.5 Å². The molecular formula is C94H113N7O7S. The highest BCUT2D eigenvalue weighted by Crippen LogP contribution is 2.42. The van der Waals surface area contributed by atoms with Crippen LogP contribution in [-0.4, -0.2) is 170 Å². The third-order valence-corrected chi connectivity index (χ3v) is 24.2. The van der Waals surface area contributed by atoms with E-state index in [0.717, 1.165) is 183 Å². The number of hydrogen-bond acceptors (Lipinski definition) is 13. The number of aliphatic hydroxyl groups excluding tert-OH is 3. The fourth-order valence-corrected chi connectivity index (χ4v) is 17.1. The van der Waals surface area contributed by atoms with Crippen molar-refractivity contribution >= 4 is 66.2 Å². The zero-order valence-electron chi connectivity index (χ0n) is 64.4. The summed E-state index contributed by atoms with van der Waals surface area (Å²) in [6.45, 7) is 22.3. The van der Waals surface area contributed by atoms with E-state index < -0.39 is 10.0 Å². The van der Waals surface area contributed by atoms with E-state index in [4.69, 9.17) is 0 Å². The van der Waals surface area contributed by atoms with Gasteiger partial charge in [0.2, 0.25) is 10.0 Å². The minimum atomic E-state index is -3.32. The van der Waals surface area contributed by atoms with Crippen LogP contribution in [0.25, 0.3) is 33.4 Å². The number of aromatic hydroxyl groups is 2. The zero-order valence-corrected chi connectivity index (χ0v) is 65.2. The second-order valence-corrected chi connectivity index (χ2v) is 32.1. The monoisotopic (exact) mass is 1480 g/mol. The van der Waals surface area contributed by atoms with Gasteiger partial charge in [0.15, 0.2) is 0 Å². The standard InChI is InChI=1S/C33H41N3O3S.C31H36N2O2.C30H36N2O2/c1-25(2)35-20-22-36(23-21-35)30-16-12-28(13-17-30)33(32(9-6-24-37)26-7-4-3-5-8-26)27-10-14-29(15-11-27)34-40(38,39)31-18-19-31;34-23-5-10-30(24-6-2-1-3-7-24)31(26-13-17-29(35)18-14-26)25-11-15-28(16-12-25)33-21-19-32(20-22-33)27-8-4-9-27;1-23(2)31-18-20-32(21-19-31)26-16-14-25(15-17-26)30(28-11-6-7-13-29(28)34)27(12-8-22-33)24-9-4-3-5-10-24/h3-5,7-8,10-17,25,31,34,37H,6,9,18-24H2,1-2H3;1-3,6-7,11-18,27,34-35H,4-5,8-10,19-23H2;3-7,9-11,13-17,23,33-34H,8,12,18-22H2,1-2H3/b33-32-;31-30+;30-27+. The molecule has 109 heavy (non-hydrogen) atoms. The summed E-state index contributed by atoms with van der Waals surface area (Å²) < 4.78 is 27.7. The minimum Gasteiger partial charge on any atom is -0.508 e. The van der Waals surface area contributed by atoms with Crippen LogP contribution >= 0.6 is 0 Å². The Balaban J connectivity index is 0.000000153. The number of allylic oxidation sites excluding steroid dienone is 3. The van der Waals surface area contributed by atoms with E-state index in [1.54, 1.807) is 18.2 Å². The molecule has 0 amide bonds. The molecule has 0 aromatic heterocycles. The first-order valence-electron chi connectivity index (χ1n) is 39.8. The summed E-state index contributed by atoms with van der Waals surface area (Å²) in [5.41, 5.74) is 20.8. The lowest BCUT2D eigenvalue weighted by molar-refractivity contribution is 0.120. The van der Waals surface area contributed by atoms with Crippen molar-refractivity contribution in [2.75, 3.05) is 118 Å². The highest BCUT2D eigenvalue weighted by atomic mass is 32.2. The van der Waals surface area contributed by atoms with E-state index >= 15 is 0 Å². The van der Waals surface area contributed by atoms with Crippen LogP contribution in [0, 0.1) is 0 Å². The Kier molecular flexibility index (Phi) is 28.3. The van der Waals surface area contributed by atoms with Crippen molar-refractivity contribution < 1.29 is 34.0 Å². The van der Waals surface area contributed by atoms with Crippen molar-refractivity contribution in [2.45, 2.75) is 122 Å². The summed E-state index contributed by atoms with van der Waals surface area (Å²) in [7, 11) is -3.32. The molecule has 0 bridgehead atoms. The molecule has 5 fully saturated rings. The Morgan fingerprint density at radius 1 is 0.376 bits per heavy atom. The predicted octanol–water partition coefficient (Wildman–Crippen LogP) is 17.3. The Morgan fingerprint density at radius 2 is 0.706 bits per heavy atom. The van der Waals surface area contributed by atoms with Gasteiger partial charge in [0, 0.05) is 145 Å². The molecule has 2 saturated carbocycles. The molecule has 6 N–H and O–H groups in total. The number of rotatable bonds is 27. The maximum absolute atomic E-state index is 12.5. The van der Waals surface area contributed by atoms with Crippen LogP contribution in [0.15, 0.2) is 237 Å². The largest absolute Gasteiger partial charge is 0.508 e. The van der Waals surface area contributed by atoms with Crippen LogP contribution in [-0.2, 0) is 10.0 Å². The molecule has 3 saturated heterocycles. The zero-order chi connectivity index (χ0) is 76.1. The Bertz CT molecular complexity index is 4510. The molecule has 14 rings (SSSR count). The number of piperazine rings is 3. The smallest absolute Gasteiger partial charge is 0.235 e. The van der Waals surface area contributed by atoms with Gasteiger partial charge in [-0.05, 0) is 237 Å². The molecule has 0 spiro atoms. The molecule has 2 aliphatic carbocycles. The number of nitrogens with zero attached hydrogens (tertiary/aromatic N) is 6. The van der Waals surface area contributed by atoms with Gasteiger partial charge in [-0.25, -0.2) is 8.42 Å². The van der Waals surface area contributed by atoms with Gasteiger partial charge in [-0.15, -0.1) is 0 Å². The molecule has 572 valence electrons. The number of phenols is 2. The molecule has 3 heterocycles. The van der Waals surface area contributed by atoms with Crippen molar-refractivity contribution in [1.29, 1.82) is 0 Å². The van der Waals surface area contributed by atoms with Crippen molar-refractivity contribution in [3.05, 3.63) is 287 Å². The molecule has 5 aliphatic rings. The number of para-hydroxylation sites is 1. The lowest BCUT2D eigenvalue weighted by Gasteiger charge is -2.43. The maximum atomic E-state index is 12.5. The number of nitrogens with one attached hydrogen (secondary N) is 1. The highest BCUT2D eigenvalue weighted by molar-refractivity contribution is 7.93. The molecule has 14 nitrogen and oxygen atoms in total. The third-order valence-electron chi connectivity index (χ3n) is 22.3. The number of phenolic OH excluding ortho intramolecular Hbond substituents is 2. The third kappa shape index (κ3) is 21.0. The Morgan fingerprint density at radius 3 is 1.05 bits per heavy atom. The summed E-state index contributed by atoms with van der Waals surface area (Å²) in [6.07, 6.45) is 9.87. The summed E-state index contributed by atoms with van der Waals surface area (Å²) >= 11 is 0. The van der Waals surface area contributed by atoms with Crippen LogP contribution in [0.1, 0.15) is 148 Å². The summed E-state index contributed by atoms with van der Waals surface area (Å²) in [4.78, 5) is 15.1. The lowest BCUT2D eigenvalue weighted by Crippen LogP contribution is -2.52. The molecule has 9 aromatic carbocycles. The lowest BCUT2D eigenvalue weighted by atomic mass is 9.87. The van der Waals surface area contributed by atoms with Crippen LogP contribution in [0.5, 0.6) is 11.5 Å². The summed E-state index contributed by atoms with van der Waals surface area (Å²) in [6, 6.07) is 82.4. The van der Waals surface area contributed by atoms with E-state index in [2.05, 4.69) is 183 Å². The Hall–Kier alpha value is -9.29. The van der Waals surface area contributed by atoms with Gasteiger partial charge >= 0.3 is 0 Å². The van der Waals surface area contributed by atoms with E-state index in [1.807, 2.05) is 97.1 Å². The molecule has 15 heteroatoms. The number of aliphatic hydroxyl groups is 3. The number of sulfonamides is 1. The number of hydrogen-bond donors (Lipinski definition) is 6. The van der Waals surface area contributed by atoms with E-state index in [0.29, 0.717) is 37.0 Å². The molecular weight excluding hydrogens is 1370 g/mol. The van der Waals surface area contributed by atoms with Gasteiger partial charge < -0.3 is 40.2 Å². The quantitative estimate of drug-likeness (QED) is 0.0270. The van der Waals surface area contributed by atoms with E-state index in [-0.39, 0.29) is 36.6 Å². The second-order valence-electron chi connectivity index (χ2n) is 30.1. The van der Waals surface area contributed by atoms with Gasteiger partial charge in [-0.1, -0.05) is 176 Å². The van der Waals surface area contributed by atoms with Gasteiger partial charge in [-0.3, -0.25) is 19.4 Å². The van der Waals surface area contributed by atoms with Crippen molar-refractivity contribution in [1.82, 2.24) is 14.7 Å². The molecule has 3 aliphatic heterocycles. The highest BCUT2D eigenvalue weighted by Gasteiger charge is 2.36. The first-order valence-corrected chi connectivity index (χ1v) is 41.4. The first-order chi connectivity index (χ1) is 53.2.